The summed E-state index contributed by atoms with van der Waals surface area (Å²) in [5, 5.41) is 0. The van der Waals surface area contributed by atoms with Crippen LogP contribution in [0.5, 0.6) is 0 Å². The molecule has 0 aliphatic carbocycles. The van der Waals surface area contributed by atoms with E-state index in [1.165, 1.54) is 6.07 Å². The molecule has 1 aliphatic heterocycles. The number of hydrogen-bond acceptors (Lipinski definition) is 6. The Morgan fingerprint density at radius 3 is 2.67 bits per heavy atom. The number of nitrogens with two attached hydrogens (primary N) is 1. The average molecular weight is 364 g/mol. The zero-order valence-electron chi connectivity index (χ0n) is 14.9. The van der Waals surface area contributed by atoms with Gasteiger partial charge >= 0.3 is 0 Å². The average Bonchev–Trinajstić information content (AvgIpc) is 2.70. The van der Waals surface area contributed by atoms with Crippen LogP contribution in [0.25, 0.3) is 11.5 Å². The molecule has 0 bridgehead atoms. The summed E-state index contributed by atoms with van der Waals surface area (Å²) in [6, 6.07) is 8.80. The van der Waals surface area contributed by atoms with E-state index < -0.39 is 0 Å². The van der Waals surface area contributed by atoms with Crippen molar-refractivity contribution in [2.24, 2.45) is 0 Å². The molecular formula is C20H21FN6. The summed E-state index contributed by atoms with van der Waals surface area (Å²) in [5.41, 5.74) is 8.29. The second kappa shape index (κ2) is 7.75. The highest BCUT2D eigenvalue weighted by molar-refractivity contribution is 5.50. The van der Waals surface area contributed by atoms with E-state index in [-0.39, 0.29) is 5.82 Å². The third-order valence-corrected chi connectivity index (χ3v) is 4.92. The van der Waals surface area contributed by atoms with Gasteiger partial charge in [0, 0.05) is 42.2 Å². The van der Waals surface area contributed by atoms with Gasteiger partial charge in [-0.05, 0) is 32.0 Å². The molecule has 0 spiro atoms. The molecule has 1 aliphatic rings. The maximum absolute atomic E-state index is 13.9. The summed E-state index contributed by atoms with van der Waals surface area (Å²) in [6.45, 7) is 2.42. The van der Waals surface area contributed by atoms with Gasteiger partial charge in [-0.25, -0.2) is 19.3 Å². The zero-order chi connectivity index (χ0) is 18.6. The molecule has 1 saturated heterocycles. The minimum atomic E-state index is -0.142. The smallest absolute Gasteiger partial charge is 0.182 e. The van der Waals surface area contributed by atoms with Gasteiger partial charge in [-0.2, -0.15) is 0 Å². The van der Waals surface area contributed by atoms with E-state index in [0.29, 0.717) is 29.8 Å². The van der Waals surface area contributed by atoms with E-state index in [2.05, 4.69) is 24.8 Å². The molecule has 4 rings (SSSR count). The Labute approximate surface area is 157 Å². The number of nitrogens with zero attached hydrogens (tertiary/aromatic N) is 5. The first-order chi connectivity index (χ1) is 13.2. The van der Waals surface area contributed by atoms with Gasteiger partial charge in [0.2, 0.25) is 0 Å². The largest absolute Gasteiger partial charge is 0.384 e. The molecule has 27 heavy (non-hydrogen) atoms. The van der Waals surface area contributed by atoms with Gasteiger partial charge in [0.1, 0.15) is 17.3 Å². The van der Waals surface area contributed by atoms with E-state index in [4.69, 9.17) is 5.73 Å². The highest BCUT2D eigenvalue weighted by Crippen LogP contribution is 2.29. The first-order valence-corrected chi connectivity index (χ1v) is 9.05. The van der Waals surface area contributed by atoms with E-state index in [1.807, 2.05) is 18.2 Å². The summed E-state index contributed by atoms with van der Waals surface area (Å²) in [6.07, 6.45) is 6.76. The van der Waals surface area contributed by atoms with Crippen molar-refractivity contribution in [2.75, 3.05) is 18.8 Å². The molecule has 3 aromatic rings. The van der Waals surface area contributed by atoms with Crippen molar-refractivity contribution in [3.8, 4) is 11.5 Å². The Kier molecular flexibility index (Phi) is 5.02. The number of nitrogen functional groups attached to an aromatic ring is 1. The minimum absolute atomic E-state index is 0.142. The molecule has 0 amide bonds. The Morgan fingerprint density at radius 1 is 1.11 bits per heavy atom. The number of benzene rings is 1. The summed E-state index contributed by atoms with van der Waals surface area (Å²) in [5.74, 6) is 1.11. The van der Waals surface area contributed by atoms with Crippen LogP contribution < -0.4 is 5.73 Å². The Hall–Kier alpha value is -2.93. The first kappa shape index (κ1) is 17.5. The standard InChI is InChI=1S/C20H21FN6/c21-16-4-2-1-3-15(16)13-27-9-5-14(6-10-27)17-11-19(22)26-20(25-17)18-12-23-7-8-24-18/h1-4,7-8,11-12,14H,5-6,9-10,13H2,(H2,22,25,26). The third kappa shape index (κ3) is 4.09. The number of aromatic nitrogens is 4. The molecule has 0 saturated carbocycles. The second-order valence-electron chi connectivity index (χ2n) is 6.77. The number of halogens is 1. The summed E-state index contributed by atoms with van der Waals surface area (Å²) >= 11 is 0. The van der Waals surface area contributed by atoms with Crippen LogP contribution in [0.1, 0.15) is 30.0 Å². The molecule has 3 heterocycles. The van der Waals surface area contributed by atoms with E-state index in [9.17, 15) is 4.39 Å². The quantitative estimate of drug-likeness (QED) is 0.766. The SMILES string of the molecule is Nc1cc(C2CCN(Cc3ccccc3F)CC2)nc(-c2cnccn2)n1. The van der Waals surface area contributed by atoms with Crippen LogP contribution in [0.3, 0.4) is 0 Å². The van der Waals surface area contributed by atoms with E-state index in [0.717, 1.165) is 37.2 Å². The lowest BCUT2D eigenvalue weighted by Gasteiger charge is -2.31. The van der Waals surface area contributed by atoms with Crippen molar-refractivity contribution in [2.45, 2.75) is 25.3 Å². The highest BCUT2D eigenvalue weighted by Gasteiger charge is 2.23. The molecule has 1 fully saturated rings. The summed E-state index contributed by atoms with van der Waals surface area (Å²) in [4.78, 5) is 19.6. The van der Waals surface area contributed by atoms with Crippen LogP contribution in [0.2, 0.25) is 0 Å². The number of hydrogen-bond donors (Lipinski definition) is 1. The molecule has 6 nitrogen and oxygen atoms in total. The van der Waals surface area contributed by atoms with Gasteiger partial charge in [-0.1, -0.05) is 18.2 Å². The zero-order valence-corrected chi connectivity index (χ0v) is 14.9. The van der Waals surface area contributed by atoms with E-state index in [1.54, 1.807) is 24.7 Å². The Morgan fingerprint density at radius 2 is 1.93 bits per heavy atom. The van der Waals surface area contributed by atoms with Crippen LogP contribution in [0.15, 0.2) is 48.9 Å². The van der Waals surface area contributed by atoms with Gasteiger partial charge in [0.05, 0.1) is 6.20 Å². The van der Waals surface area contributed by atoms with Crippen molar-refractivity contribution in [1.29, 1.82) is 0 Å². The van der Waals surface area contributed by atoms with Crippen LogP contribution in [-0.4, -0.2) is 37.9 Å². The predicted octanol–water partition coefficient (Wildman–Crippen LogP) is 3.03. The predicted molar refractivity (Wildman–Crippen MR) is 101 cm³/mol. The van der Waals surface area contributed by atoms with Crippen molar-refractivity contribution in [1.82, 2.24) is 24.8 Å². The fourth-order valence-electron chi connectivity index (χ4n) is 3.48. The van der Waals surface area contributed by atoms with Gasteiger partial charge in [0.25, 0.3) is 0 Å². The van der Waals surface area contributed by atoms with Gasteiger partial charge in [-0.3, -0.25) is 9.88 Å². The lowest BCUT2D eigenvalue weighted by Crippen LogP contribution is -2.33. The monoisotopic (exact) mass is 364 g/mol. The lowest BCUT2D eigenvalue weighted by molar-refractivity contribution is 0.201. The second-order valence-corrected chi connectivity index (χ2v) is 6.77. The third-order valence-electron chi connectivity index (χ3n) is 4.92. The number of piperidine rings is 1. The first-order valence-electron chi connectivity index (χ1n) is 9.05. The molecule has 0 atom stereocenters. The lowest BCUT2D eigenvalue weighted by atomic mass is 9.93. The van der Waals surface area contributed by atoms with Crippen molar-refractivity contribution in [3.05, 3.63) is 66.0 Å². The molecular weight excluding hydrogens is 343 g/mol. The normalized spacial score (nSPS) is 15.7. The van der Waals surface area contributed by atoms with Crippen LogP contribution in [0.4, 0.5) is 10.2 Å². The topological polar surface area (TPSA) is 80.8 Å². The van der Waals surface area contributed by atoms with Gasteiger partial charge < -0.3 is 5.73 Å². The molecule has 7 heteroatoms. The maximum Gasteiger partial charge on any atom is 0.182 e. The maximum atomic E-state index is 13.9. The van der Waals surface area contributed by atoms with Crippen molar-refractivity contribution < 1.29 is 4.39 Å². The van der Waals surface area contributed by atoms with Crippen LogP contribution in [-0.2, 0) is 6.54 Å². The number of anilines is 1. The molecule has 0 unspecified atom stereocenters. The molecule has 0 radical (unpaired) electrons. The Balaban J connectivity index is 1.45. The Bertz CT molecular complexity index is 909. The van der Waals surface area contributed by atoms with Gasteiger partial charge in [-0.15, -0.1) is 0 Å². The fourth-order valence-corrected chi connectivity index (χ4v) is 3.48. The van der Waals surface area contributed by atoms with Crippen molar-refractivity contribution in [3.63, 3.8) is 0 Å². The van der Waals surface area contributed by atoms with E-state index >= 15 is 0 Å². The highest BCUT2D eigenvalue weighted by atomic mass is 19.1. The van der Waals surface area contributed by atoms with Crippen molar-refractivity contribution >= 4 is 5.82 Å². The summed E-state index contributed by atoms with van der Waals surface area (Å²) in [7, 11) is 0. The molecule has 2 aromatic heterocycles. The van der Waals surface area contributed by atoms with Crippen LogP contribution >= 0.6 is 0 Å². The van der Waals surface area contributed by atoms with Gasteiger partial charge in [0.15, 0.2) is 5.82 Å². The molecule has 1 aromatic carbocycles. The number of likely N-dealkylation sites (tertiary alicyclic amines) is 1. The minimum Gasteiger partial charge on any atom is -0.384 e. The number of rotatable bonds is 4. The molecule has 138 valence electrons. The van der Waals surface area contributed by atoms with Crippen LogP contribution in [0, 0.1) is 5.82 Å². The summed E-state index contributed by atoms with van der Waals surface area (Å²) < 4.78 is 13.9. The fraction of sp³-hybridized carbons (Fsp3) is 0.300. The molecule has 2 N–H and O–H groups in total.